The second-order valence-electron chi connectivity index (χ2n) is 9.42. The van der Waals surface area contributed by atoms with Gasteiger partial charge in [-0.2, -0.15) is 0 Å². The van der Waals surface area contributed by atoms with Gasteiger partial charge in [-0.1, -0.05) is 112 Å². The Bertz CT molecular complexity index is 1240. The Hall–Kier alpha value is -2.63. The summed E-state index contributed by atoms with van der Waals surface area (Å²) in [7, 11) is -2.72. The quantitative estimate of drug-likeness (QED) is 0.297. The van der Waals surface area contributed by atoms with Crippen LogP contribution in [0.4, 0.5) is 0 Å². The molecule has 4 rings (SSSR count). The molecular weight excluding hydrogens is 407 g/mol. The number of allylic oxidation sites excluding steroid dienone is 8. The van der Waals surface area contributed by atoms with Crippen LogP contribution in [0.2, 0.25) is 0 Å². The molecule has 164 valence electrons. The molecule has 2 fully saturated rings. The predicted octanol–water partition coefficient (Wildman–Crippen LogP) is 8.61. The third-order valence-corrected chi connectivity index (χ3v) is 13.5. The monoisotopic (exact) mass is 440 g/mol. The highest BCUT2D eigenvalue weighted by molar-refractivity contribution is 7.75. The lowest BCUT2D eigenvalue weighted by Crippen LogP contribution is -2.51. The van der Waals surface area contributed by atoms with Crippen LogP contribution in [-0.4, -0.2) is 10.3 Å². The van der Waals surface area contributed by atoms with Crippen molar-refractivity contribution in [2.24, 2.45) is 5.41 Å². The summed E-state index contributed by atoms with van der Waals surface area (Å²) >= 11 is 0. The summed E-state index contributed by atoms with van der Waals surface area (Å²) in [5.41, 5.74) is 3.10. The number of benzene rings is 2. The molecule has 1 saturated carbocycles. The van der Waals surface area contributed by atoms with Crippen LogP contribution in [0.5, 0.6) is 0 Å². The van der Waals surface area contributed by atoms with E-state index < -0.39 is 12.3 Å². The molecule has 0 amide bonds. The average molecular weight is 441 g/mol. The molecule has 32 heavy (non-hydrogen) atoms. The molecule has 2 aliphatic rings. The molecular formula is C30H33OP. The molecule has 1 spiro atoms. The van der Waals surface area contributed by atoms with Gasteiger partial charge in [0, 0.05) is 11.6 Å². The zero-order valence-electron chi connectivity index (χ0n) is 19.3. The maximum absolute atomic E-state index is 15.2. The van der Waals surface area contributed by atoms with Gasteiger partial charge in [0.25, 0.3) is 0 Å². The molecule has 1 aliphatic carbocycles. The number of rotatable bonds is 8. The van der Waals surface area contributed by atoms with Gasteiger partial charge < -0.3 is 4.57 Å². The van der Waals surface area contributed by atoms with Crippen molar-refractivity contribution in [1.82, 2.24) is 0 Å². The summed E-state index contributed by atoms with van der Waals surface area (Å²) in [6, 6.07) is 14.7. The van der Waals surface area contributed by atoms with E-state index in [-0.39, 0.29) is 10.6 Å². The fraction of sp³-hybridized carbons (Fsp3) is 0.267. The van der Waals surface area contributed by atoms with Crippen LogP contribution in [0.1, 0.15) is 32.3 Å². The van der Waals surface area contributed by atoms with Gasteiger partial charge in [0.2, 0.25) is 0 Å². The van der Waals surface area contributed by atoms with Gasteiger partial charge in [0.1, 0.15) is 7.14 Å². The van der Waals surface area contributed by atoms with E-state index in [1.807, 2.05) is 30.4 Å². The van der Waals surface area contributed by atoms with E-state index in [1.54, 1.807) is 6.08 Å². The van der Waals surface area contributed by atoms with Gasteiger partial charge in [-0.05, 0) is 47.2 Å². The first-order valence-electron chi connectivity index (χ1n) is 11.3. The van der Waals surface area contributed by atoms with Crippen LogP contribution in [0.15, 0.2) is 116 Å². The van der Waals surface area contributed by atoms with Crippen molar-refractivity contribution in [2.45, 2.75) is 43.2 Å². The van der Waals surface area contributed by atoms with Gasteiger partial charge in [-0.15, -0.1) is 0 Å². The third kappa shape index (κ3) is 2.55. The Balaban J connectivity index is 1.93. The van der Waals surface area contributed by atoms with E-state index in [9.17, 15) is 0 Å². The third-order valence-electron chi connectivity index (χ3n) is 8.50. The Kier molecular flexibility index (Phi) is 5.46. The van der Waals surface area contributed by atoms with E-state index >= 15 is 4.57 Å². The molecule has 0 aromatic heterocycles. The number of hydrogen-bond donors (Lipinski definition) is 0. The Morgan fingerprint density at radius 3 is 2.12 bits per heavy atom. The van der Waals surface area contributed by atoms with Gasteiger partial charge in [0.15, 0.2) is 0 Å². The number of fused-ring (bicyclic) bond motifs is 1. The van der Waals surface area contributed by atoms with Crippen LogP contribution >= 0.6 is 7.14 Å². The van der Waals surface area contributed by atoms with Gasteiger partial charge >= 0.3 is 0 Å². The minimum atomic E-state index is -2.72. The first-order chi connectivity index (χ1) is 15.3. The fourth-order valence-electron chi connectivity index (χ4n) is 6.80. The summed E-state index contributed by atoms with van der Waals surface area (Å²) in [6.07, 6.45) is 14.0. The lowest BCUT2D eigenvalue weighted by molar-refractivity contribution is 0.145. The van der Waals surface area contributed by atoms with Crippen LogP contribution < -0.4 is 0 Å². The lowest BCUT2D eigenvalue weighted by Gasteiger charge is -2.51. The van der Waals surface area contributed by atoms with Crippen molar-refractivity contribution in [1.29, 1.82) is 0 Å². The summed E-state index contributed by atoms with van der Waals surface area (Å²) < 4.78 is 15.2. The second-order valence-corrected chi connectivity index (χ2v) is 12.9. The standard InChI is InChI=1S/C30H33OP/c1-7-14-25(9-3)28(5)20-21-30(28)29(6,26(10-4)15-8-2)32(30,31)22-24-18-13-17-23-16-11-12-19-27(23)24/h7-19H,1-4,20-22H2,5-6H3/b25-14+,26-15+. The first kappa shape index (κ1) is 22.6. The normalized spacial score (nSPS) is 34.1. The van der Waals surface area contributed by atoms with Crippen molar-refractivity contribution in [3.63, 3.8) is 0 Å². The highest BCUT2D eigenvalue weighted by Gasteiger charge is 2.91. The Labute approximate surface area is 193 Å². The molecule has 2 aromatic rings. The van der Waals surface area contributed by atoms with E-state index in [0.29, 0.717) is 6.16 Å². The Morgan fingerprint density at radius 2 is 1.53 bits per heavy atom. The van der Waals surface area contributed by atoms with Crippen molar-refractivity contribution < 1.29 is 4.57 Å². The van der Waals surface area contributed by atoms with Crippen LogP contribution in [-0.2, 0) is 10.7 Å². The lowest BCUT2D eigenvalue weighted by atomic mass is 9.52. The maximum Gasteiger partial charge on any atom is 0.111 e. The summed E-state index contributed by atoms with van der Waals surface area (Å²) in [4.78, 5) is 0. The minimum absolute atomic E-state index is 0.221. The van der Waals surface area contributed by atoms with Crippen molar-refractivity contribution >= 4 is 17.9 Å². The van der Waals surface area contributed by atoms with Crippen LogP contribution in [0.25, 0.3) is 10.8 Å². The van der Waals surface area contributed by atoms with Crippen molar-refractivity contribution in [3.05, 3.63) is 122 Å². The molecule has 1 heterocycles. The number of hydrogen-bond acceptors (Lipinski definition) is 1. The summed E-state index contributed by atoms with van der Waals surface area (Å²) in [6.45, 7) is 20.5. The molecule has 2 heteroatoms. The molecule has 2 aromatic carbocycles. The van der Waals surface area contributed by atoms with E-state index in [4.69, 9.17) is 0 Å². The zero-order chi connectivity index (χ0) is 23.2. The van der Waals surface area contributed by atoms with E-state index in [1.165, 1.54) is 16.3 Å². The second kappa shape index (κ2) is 7.75. The zero-order valence-corrected chi connectivity index (χ0v) is 20.2. The first-order valence-corrected chi connectivity index (χ1v) is 13.2. The molecule has 0 bridgehead atoms. The molecule has 1 saturated heterocycles. The smallest absolute Gasteiger partial charge is 0.111 e. The topological polar surface area (TPSA) is 17.1 Å². The fourth-order valence-corrected chi connectivity index (χ4v) is 12.5. The molecule has 4 atom stereocenters. The highest BCUT2D eigenvalue weighted by atomic mass is 31.2. The molecule has 4 unspecified atom stereocenters. The van der Waals surface area contributed by atoms with E-state index in [2.05, 4.69) is 82.6 Å². The summed E-state index contributed by atoms with van der Waals surface area (Å²) in [5, 5.41) is 1.60. The SMILES string of the molecule is C=C/C=C(\C=C)C1(C)CCC12C(C)(/C(C=C)=C/C=C)P2(=O)Cc1cccc2ccccc12. The Morgan fingerprint density at radius 1 is 0.906 bits per heavy atom. The largest absolute Gasteiger partial charge is 0.322 e. The molecule has 0 radical (unpaired) electrons. The van der Waals surface area contributed by atoms with Gasteiger partial charge in [-0.3, -0.25) is 0 Å². The predicted molar refractivity (Wildman–Crippen MR) is 141 cm³/mol. The van der Waals surface area contributed by atoms with Crippen molar-refractivity contribution in [2.75, 3.05) is 0 Å². The average Bonchev–Trinajstić information content (AvgIpc) is 3.26. The molecule has 0 N–H and O–H groups in total. The van der Waals surface area contributed by atoms with Crippen LogP contribution in [0.3, 0.4) is 0 Å². The minimum Gasteiger partial charge on any atom is -0.322 e. The molecule has 1 nitrogen and oxygen atoms in total. The van der Waals surface area contributed by atoms with Gasteiger partial charge in [0.05, 0.1) is 10.3 Å². The molecule has 1 aliphatic heterocycles. The van der Waals surface area contributed by atoms with Gasteiger partial charge in [-0.25, -0.2) is 0 Å². The van der Waals surface area contributed by atoms with Crippen molar-refractivity contribution in [3.8, 4) is 0 Å². The highest BCUT2D eigenvalue weighted by Crippen LogP contribution is 3.01. The van der Waals surface area contributed by atoms with Crippen LogP contribution in [0, 0.1) is 5.41 Å². The van der Waals surface area contributed by atoms with E-state index in [0.717, 1.165) is 24.0 Å². The summed E-state index contributed by atoms with van der Waals surface area (Å²) in [5.74, 6) is 0. The maximum atomic E-state index is 15.2.